The summed E-state index contributed by atoms with van der Waals surface area (Å²) in [5.41, 5.74) is 3.78. The molecule has 102 valence electrons. The van der Waals surface area contributed by atoms with Crippen LogP contribution in [0.15, 0.2) is 18.2 Å². The van der Waals surface area contributed by atoms with Crippen molar-refractivity contribution in [3.63, 3.8) is 0 Å². The first-order valence-corrected chi connectivity index (χ1v) is 7.34. The van der Waals surface area contributed by atoms with Crippen LogP contribution in [0.1, 0.15) is 44.0 Å². The number of fused-ring (bicyclic) bond motifs is 1. The van der Waals surface area contributed by atoms with Gasteiger partial charge in [0, 0.05) is 19.5 Å². The van der Waals surface area contributed by atoms with E-state index in [1.807, 2.05) is 0 Å². The van der Waals surface area contributed by atoms with E-state index in [1.54, 1.807) is 0 Å². The highest BCUT2D eigenvalue weighted by Crippen LogP contribution is 2.23. The largest absolute Gasteiger partial charge is 0.331 e. The lowest BCUT2D eigenvalue weighted by Crippen LogP contribution is -2.25. The van der Waals surface area contributed by atoms with Crippen molar-refractivity contribution in [3.05, 3.63) is 29.6 Å². The molecule has 0 saturated carbocycles. The van der Waals surface area contributed by atoms with Crippen LogP contribution in [0, 0.1) is 0 Å². The SMILES string of the molecule is CC(C)c1ccc2nc(CC3CCCN3)n(C)c2c1. The Morgan fingerprint density at radius 2 is 2.26 bits per heavy atom. The topological polar surface area (TPSA) is 29.9 Å². The Morgan fingerprint density at radius 3 is 2.95 bits per heavy atom. The smallest absolute Gasteiger partial charge is 0.111 e. The van der Waals surface area contributed by atoms with E-state index in [-0.39, 0.29) is 0 Å². The molecule has 3 rings (SSSR count). The standard InChI is InChI=1S/C16H23N3/c1-11(2)12-6-7-14-15(9-12)19(3)16(18-14)10-13-5-4-8-17-13/h6-7,9,11,13,17H,4-5,8,10H2,1-3H3. The molecule has 1 aliphatic rings. The first-order valence-electron chi connectivity index (χ1n) is 7.34. The molecule has 1 N–H and O–H groups in total. The van der Waals surface area contributed by atoms with Crippen molar-refractivity contribution in [3.8, 4) is 0 Å². The lowest BCUT2D eigenvalue weighted by atomic mass is 10.0. The number of benzene rings is 1. The van der Waals surface area contributed by atoms with Crippen molar-refractivity contribution >= 4 is 11.0 Å². The summed E-state index contributed by atoms with van der Waals surface area (Å²) in [6, 6.07) is 7.27. The number of nitrogens with one attached hydrogen (secondary N) is 1. The Bertz CT molecular complexity index is 577. The van der Waals surface area contributed by atoms with Crippen molar-refractivity contribution in [2.24, 2.45) is 7.05 Å². The summed E-state index contributed by atoms with van der Waals surface area (Å²) in [7, 11) is 2.14. The van der Waals surface area contributed by atoms with E-state index in [9.17, 15) is 0 Å². The van der Waals surface area contributed by atoms with Gasteiger partial charge in [0.2, 0.25) is 0 Å². The second-order valence-corrected chi connectivity index (χ2v) is 5.99. The van der Waals surface area contributed by atoms with Crippen LogP contribution >= 0.6 is 0 Å². The summed E-state index contributed by atoms with van der Waals surface area (Å²) >= 11 is 0. The van der Waals surface area contributed by atoms with Crippen molar-refractivity contribution < 1.29 is 0 Å². The zero-order valence-corrected chi connectivity index (χ0v) is 12.1. The molecule has 1 aromatic carbocycles. The van der Waals surface area contributed by atoms with Gasteiger partial charge in [0.05, 0.1) is 11.0 Å². The number of aromatic nitrogens is 2. The number of rotatable bonds is 3. The van der Waals surface area contributed by atoms with Crippen LogP contribution < -0.4 is 5.32 Å². The molecule has 1 aromatic heterocycles. The van der Waals surface area contributed by atoms with Crippen LogP contribution in [0.4, 0.5) is 0 Å². The molecular formula is C16H23N3. The predicted molar refractivity (Wildman–Crippen MR) is 79.5 cm³/mol. The predicted octanol–water partition coefficient (Wildman–Crippen LogP) is 2.99. The van der Waals surface area contributed by atoms with Crippen molar-refractivity contribution in [2.45, 2.75) is 45.1 Å². The third-order valence-electron chi connectivity index (χ3n) is 4.26. The third-order valence-corrected chi connectivity index (χ3v) is 4.26. The van der Waals surface area contributed by atoms with Crippen LogP contribution in [-0.4, -0.2) is 22.1 Å². The monoisotopic (exact) mass is 257 g/mol. The molecule has 0 radical (unpaired) electrons. The van der Waals surface area contributed by atoms with E-state index in [0.29, 0.717) is 12.0 Å². The third kappa shape index (κ3) is 2.39. The number of imidazole rings is 1. The maximum atomic E-state index is 4.80. The molecule has 0 spiro atoms. The molecule has 2 aromatic rings. The fraction of sp³-hybridized carbons (Fsp3) is 0.562. The van der Waals surface area contributed by atoms with Crippen molar-refractivity contribution in [1.29, 1.82) is 0 Å². The quantitative estimate of drug-likeness (QED) is 0.916. The van der Waals surface area contributed by atoms with E-state index >= 15 is 0 Å². The Kier molecular flexibility index (Phi) is 3.31. The van der Waals surface area contributed by atoms with Gasteiger partial charge in [-0.15, -0.1) is 0 Å². The van der Waals surface area contributed by atoms with E-state index in [4.69, 9.17) is 4.98 Å². The zero-order chi connectivity index (χ0) is 13.4. The Balaban J connectivity index is 1.95. The second kappa shape index (κ2) is 4.97. The van der Waals surface area contributed by atoms with E-state index in [0.717, 1.165) is 18.5 Å². The molecule has 1 unspecified atom stereocenters. The fourth-order valence-electron chi connectivity index (χ4n) is 2.95. The van der Waals surface area contributed by atoms with Gasteiger partial charge in [-0.2, -0.15) is 0 Å². The maximum Gasteiger partial charge on any atom is 0.111 e. The number of hydrogen-bond donors (Lipinski definition) is 1. The molecule has 1 saturated heterocycles. The highest BCUT2D eigenvalue weighted by Gasteiger charge is 2.18. The Morgan fingerprint density at radius 1 is 1.42 bits per heavy atom. The summed E-state index contributed by atoms with van der Waals surface area (Å²) in [6.45, 7) is 5.63. The molecule has 0 bridgehead atoms. The molecular weight excluding hydrogens is 234 g/mol. The molecule has 1 aliphatic heterocycles. The Labute approximate surface area is 115 Å². The maximum absolute atomic E-state index is 4.80. The van der Waals surface area contributed by atoms with Gasteiger partial charge in [0.15, 0.2) is 0 Å². The van der Waals surface area contributed by atoms with Crippen LogP contribution in [0.25, 0.3) is 11.0 Å². The Hall–Kier alpha value is -1.35. The molecule has 1 fully saturated rings. The zero-order valence-electron chi connectivity index (χ0n) is 12.1. The normalized spacial score (nSPS) is 19.7. The van der Waals surface area contributed by atoms with Crippen molar-refractivity contribution in [1.82, 2.24) is 14.9 Å². The van der Waals surface area contributed by atoms with Gasteiger partial charge in [-0.25, -0.2) is 4.98 Å². The second-order valence-electron chi connectivity index (χ2n) is 5.99. The fourth-order valence-corrected chi connectivity index (χ4v) is 2.95. The van der Waals surface area contributed by atoms with Gasteiger partial charge < -0.3 is 9.88 Å². The van der Waals surface area contributed by atoms with Crippen LogP contribution in [0.5, 0.6) is 0 Å². The van der Waals surface area contributed by atoms with Gasteiger partial charge in [-0.3, -0.25) is 0 Å². The molecule has 2 heterocycles. The summed E-state index contributed by atoms with van der Waals surface area (Å²) in [5, 5.41) is 3.55. The molecule has 1 atom stereocenters. The molecule has 3 nitrogen and oxygen atoms in total. The first kappa shape index (κ1) is 12.7. The van der Waals surface area contributed by atoms with Crippen LogP contribution in [0.2, 0.25) is 0 Å². The minimum atomic E-state index is 0.569. The number of nitrogens with zero attached hydrogens (tertiary/aromatic N) is 2. The average molecular weight is 257 g/mol. The summed E-state index contributed by atoms with van der Waals surface area (Å²) in [5.74, 6) is 1.77. The van der Waals surface area contributed by atoms with Crippen molar-refractivity contribution in [2.75, 3.05) is 6.54 Å². The molecule has 0 amide bonds. The highest BCUT2D eigenvalue weighted by molar-refractivity contribution is 5.77. The minimum absolute atomic E-state index is 0.569. The van der Waals surface area contributed by atoms with E-state index in [2.05, 4.69) is 49.0 Å². The van der Waals surface area contributed by atoms with Gasteiger partial charge >= 0.3 is 0 Å². The lowest BCUT2D eigenvalue weighted by molar-refractivity contribution is 0.575. The lowest BCUT2D eigenvalue weighted by Gasteiger charge is -2.10. The van der Waals surface area contributed by atoms with E-state index < -0.39 is 0 Å². The summed E-state index contributed by atoms with van der Waals surface area (Å²) in [6.07, 6.45) is 3.62. The van der Waals surface area contributed by atoms with E-state index in [1.165, 1.54) is 29.7 Å². The van der Waals surface area contributed by atoms with Gasteiger partial charge in [0.1, 0.15) is 5.82 Å². The molecule has 3 heteroatoms. The van der Waals surface area contributed by atoms with Crippen LogP contribution in [-0.2, 0) is 13.5 Å². The van der Waals surface area contributed by atoms with Gasteiger partial charge in [-0.05, 0) is 43.0 Å². The summed E-state index contributed by atoms with van der Waals surface area (Å²) < 4.78 is 2.27. The first-order chi connectivity index (χ1) is 9.15. The number of hydrogen-bond acceptors (Lipinski definition) is 2. The molecule has 19 heavy (non-hydrogen) atoms. The van der Waals surface area contributed by atoms with Gasteiger partial charge in [-0.1, -0.05) is 19.9 Å². The minimum Gasteiger partial charge on any atom is -0.331 e. The average Bonchev–Trinajstić information content (AvgIpc) is 2.99. The van der Waals surface area contributed by atoms with Crippen LogP contribution in [0.3, 0.4) is 0 Å². The molecule has 0 aliphatic carbocycles. The number of aryl methyl sites for hydroxylation is 1. The summed E-state index contributed by atoms with van der Waals surface area (Å²) in [4.78, 5) is 4.80. The highest BCUT2D eigenvalue weighted by atomic mass is 15.1. The van der Waals surface area contributed by atoms with Gasteiger partial charge in [0.25, 0.3) is 0 Å².